The maximum Gasteiger partial charge on any atom is 0.271 e. The molecule has 1 unspecified atom stereocenters. The molecule has 3 aromatic rings. The van der Waals surface area contributed by atoms with Gasteiger partial charge in [0.2, 0.25) is 0 Å². The fourth-order valence-corrected chi connectivity index (χ4v) is 4.66. The highest BCUT2D eigenvalue weighted by Crippen LogP contribution is 2.25. The Morgan fingerprint density at radius 3 is 2.77 bits per heavy atom. The molecule has 0 aliphatic carbocycles. The highest BCUT2D eigenvalue weighted by atomic mass is 32.1. The molecule has 4 rings (SSSR count). The van der Waals surface area contributed by atoms with Gasteiger partial charge in [0, 0.05) is 36.3 Å². The molecule has 26 heavy (non-hydrogen) atoms. The van der Waals surface area contributed by atoms with Gasteiger partial charge in [-0.1, -0.05) is 44.2 Å². The van der Waals surface area contributed by atoms with E-state index in [9.17, 15) is 4.79 Å². The Kier molecular flexibility index (Phi) is 4.78. The predicted molar refractivity (Wildman–Crippen MR) is 106 cm³/mol. The number of thiazole rings is 1. The SMILES string of the molecule is CCN(CC)C1CCN(C(=O)c2csc3nc(-c4ccccc4)cn23)C1. The fourth-order valence-electron chi connectivity index (χ4n) is 3.81. The monoisotopic (exact) mass is 368 g/mol. The molecule has 0 radical (unpaired) electrons. The van der Waals surface area contributed by atoms with Crippen LogP contribution in [0.3, 0.4) is 0 Å². The maximum atomic E-state index is 13.1. The highest BCUT2D eigenvalue weighted by molar-refractivity contribution is 7.15. The standard InChI is InChI=1S/C20H24N4OS/c1-3-22(4-2)16-10-11-23(12-16)19(25)18-14-26-20-21-17(13-24(18)20)15-8-6-5-7-9-15/h5-9,13-14,16H,3-4,10-12H2,1-2H3. The molecule has 3 heterocycles. The second-order valence-corrected chi connectivity index (χ2v) is 7.52. The molecule has 0 N–H and O–H groups in total. The van der Waals surface area contributed by atoms with E-state index in [1.165, 1.54) is 11.3 Å². The first-order chi connectivity index (χ1) is 12.7. The number of aromatic nitrogens is 2. The summed E-state index contributed by atoms with van der Waals surface area (Å²) in [7, 11) is 0. The molecule has 5 nitrogen and oxygen atoms in total. The van der Waals surface area contributed by atoms with Crippen LogP contribution in [0.1, 0.15) is 30.8 Å². The van der Waals surface area contributed by atoms with Gasteiger partial charge in [0.1, 0.15) is 5.69 Å². The topological polar surface area (TPSA) is 40.8 Å². The first kappa shape index (κ1) is 17.2. The Morgan fingerprint density at radius 2 is 2.04 bits per heavy atom. The van der Waals surface area contributed by atoms with Crippen molar-refractivity contribution in [2.75, 3.05) is 26.2 Å². The zero-order chi connectivity index (χ0) is 18.1. The van der Waals surface area contributed by atoms with Gasteiger partial charge in [-0.2, -0.15) is 0 Å². The van der Waals surface area contributed by atoms with E-state index in [4.69, 9.17) is 0 Å². The third-order valence-corrected chi connectivity index (χ3v) is 6.12. The number of fused-ring (bicyclic) bond motifs is 1. The van der Waals surface area contributed by atoms with Crippen molar-refractivity contribution in [1.82, 2.24) is 19.2 Å². The molecule has 1 atom stereocenters. The molecule has 1 fully saturated rings. The summed E-state index contributed by atoms with van der Waals surface area (Å²) >= 11 is 1.53. The Labute approximate surface area is 157 Å². The summed E-state index contributed by atoms with van der Waals surface area (Å²) in [6.45, 7) is 8.09. The lowest BCUT2D eigenvalue weighted by atomic mass is 10.2. The minimum absolute atomic E-state index is 0.114. The van der Waals surface area contributed by atoms with Gasteiger partial charge >= 0.3 is 0 Å². The van der Waals surface area contributed by atoms with Crippen LogP contribution in [0.2, 0.25) is 0 Å². The van der Waals surface area contributed by atoms with Crippen molar-refractivity contribution < 1.29 is 4.79 Å². The van der Waals surface area contributed by atoms with Crippen molar-refractivity contribution >= 4 is 22.2 Å². The lowest BCUT2D eigenvalue weighted by molar-refractivity contribution is 0.0771. The molecular formula is C20H24N4OS. The highest BCUT2D eigenvalue weighted by Gasteiger charge is 2.31. The van der Waals surface area contributed by atoms with Gasteiger partial charge in [-0.15, -0.1) is 11.3 Å². The Morgan fingerprint density at radius 1 is 1.27 bits per heavy atom. The maximum absolute atomic E-state index is 13.1. The number of carbonyl (C=O) groups excluding carboxylic acids is 1. The van der Waals surface area contributed by atoms with Crippen molar-refractivity contribution in [3.05, 3.63) is 47.6 Å². The van der Waals surface area contributed by atoms with Crippen molar-refractivity contribution in [2.45, 2.75) is 26.3 Å². The number of likely N-dealkylation sites (N-methyl/N-ethyl adjacent to an activating group) is 1. The lowest BCUT2D eigenvalue weighted by Gasteiger charge is -2.26. The van der Waals surface area contributed by atoms with Gasteiger partial charge < -0.3 is 4.90 Å². The molecule has 0 saturated carbocycles. The van der Waals surface area contributed by atoms with Gasteiger partial charge in [-0.3, -0.25) is 14.1 Å². The van der Waals surface area contributed by atoms with E-state index in [1.807, 2.05) is 51.2 Å². The second kappa shape index (κ2) is 7.21. The number of benzene rings is 1. The molecule has 6 heteroatoms. The van der Waals surface area contributed by atoms with Crippen molar-refractivity contribution in [3.63, 3.8) is 0 Å². The third kappa shape index (κ3) is 3.04. The number of hydrogen-bond donors (Lipinski definition) is 0. The first-order valence-electron chi connectivity index (χ1n) is 9.26. The summed E-state index contributed by atoms with van der Waals surface area (Å²) in [5, 5.41) is 1.93. The zero-order valence-electron chi connectivity index (χ0n) is 15.3. The third-order valence-electron chi connectivity index (χ3n) is 5.28. The normalized spacial score (nSPS) is 17.5. The number of carbonyl (C=O) groups is 1. The van der Waals surface area contributed by atoms with E-state index in [0.29, 0.717) is 6.04 Å². The number of likely N-dealkylation sites (tertiary alicyclic amines) is 1. The van der Waals surface area contributed by atoms with E-state index in [1.54, 1.807) is 0 Å². The number of imidazole rings is 1. The van der Waals surface area contributed by atoms with E-state index in [2.05, 4.69) is 23.7 Å². The van der Waals surface area contributed by atoms with Crippen LogP contribution in [0.5, 0.6) is 0 Å². The minimum atomic E-state index is 0.114. The van der Waals surface area contributed by atoms with Crippen LogP contribution in [0.25, 0.3) is 16.2 Å². The molecule has 1 aliphatic rings. The summed E-state index contributed by atoms with van der Waals surface area (Å²) in [5.41, 5.74) is 2.71. The predicted octanol–water partition coefficient (Wildman–Crippen LogP) is 3.62. The lowest BCUT2D eigenvalue weighted by Crippen LogP contribution is -2.38. The van der Waals surface area contributed by atoms with E-state index in [-0.39, 0.29) is 5.91 Å². The van der Waals surface area contributed by atoms with E-state index in [0.717, 1.165) is 54.5 Å². The summed E-state index contributed by atoms with van der Waals surface area (Å²) in [6.07, 6.45) is 3.03. The van der Waals surface area contributed by atoms with Crippen molar-refractivity contribution in [2.24, 2.45) is 0 Å². The zero-order valence-corrected chi connectivity index (χ0v) is 16.1. The fraction of sp³-hybridized carbons (Fsp3) is 0.400. The molecule has 0 bridgehead atoms. The van der Waals surface area contributed by atoms with Crippen LogP contribution >= 0.6 is 11.3 Å². The average molecular weight is 369 g/mol. The molecule has 0 spiro atoms. The minimum Gasteiger partial charge on any atom is -0.336 e. The summed E-state index contributed by atoms with van der Waals surface area (Å²) in [4.78, 5) is 23.1. The van der Waals surface area contributed by atoms with E-state index < -0.39 is 0 Å². The molecule has 1 aromatic carbocycles. The van der Waals surface area contributed by atoms with Crippen LogP contribution in [0.4, 0.5) is 0 Å². The molecule has 2 aromatic heterocycles. The van der Waals surface area contributed by atoms with Crippen LogP contribution in [0.15, 0.2) is 41.9 Å². The Bertz CT molecular complexity index is 897. The molecular weight excluding hydrogens is 344 g/mol. The molecule has 1 amide bonds. The summed E-state index contributed by atoms with van der Waals surface area (Å²) < 4.78 is 1.94. The number of amides is 1. The van der Waals surface area contributed by atoms with Crippen LogP contribution in [0, 0.1) is 0 Å². The first-order valence-corrected chi connectivity index (χ1v) is 10.1. The average Bonchev–Trinajstić information content (AvgIpc) is 3.39. The summed E-state index contributed by atoms with van der Waals surface area (Å²) in [6, 6.07) is 10.6. The number of rotatable bonds is 5. The molecule has 136 valence electrons. The second-order valence-electron chi connectivity index (χ2n) is 6.68. The molecule has 1 aliphatic heterocycles. The molecule has 1 saturated heterocycles. The van der Waals surface area contributed by atoms with Crippen LogP contribution in [-0.4, -0.2) is 57.3 Å². The van der Waals surface area contributed by atoms with Gasteiger partial charge in [0.25, 0.3) is 5.91 Å². The van der Waals surface area contributed by atoms with Crippen LogP contribution < -0.4 is 0 Å². The smallest absolute Gasteiger partial charge is 0.271 e. The number of nitrogens with zero attached hydrogens (tertiary/aromatic N) is 4. The van der Waals surface area contributed by atoms with Crippen molar-refractivity contribution in [1.29, 1.82) is 0 Å². The summed E-state index contributed by atoms with van der Waals surface area (Å²) in [5.74, 6) is 0.114. The van der Waals surface area contributed by atoms with Gasteiger partial charge in [0.15, 0.2) is 4.96 Å². The number of hydrogen-bond acceptors (Lipinski definition) is 4. The van der Waals surface area contributed by atoms with Gasteiger partial charge in [0.05, 0.1) is 5.69 Å². The quantitative estimate of drug-likeness (QED) is 0.691. The largest absolute Gasteiger partial charge is 0.336 e. The van der Waals surface area contributed by atoms with E-state index >= 15 is 0 Å². The Hall–Kier alpha value is -2.18. The van der Waals surface area contributed by atoms with Crippen LogP contribution in [-0.2, 0) is 0 Å². The van der Waals surface area contributed by atoms with Gasteiger partial charge in [-0.25, -0.2) is 4.98 Å². The van der Waals surface area contributed by atoms with Crippen molar-refractivity contribution in [3.8, 4) is 11.3 Å². The Balaban J connectivity index is 1.57. The van der Waals surface area contributed by atoms with Gasteiger partial charge in [-0.05, 0) is 19.5 Å².